The minimum atomic E-state index is -0.515. The number of hydrogen-bond acceptors (Lipinski definition) is 4. The van der Waals surface area contributed by atoms with Gasteiger partial charge in [-0.1, -0.05) is 6.92 Å². The number of primary amides is 1. The number of amides is 1. The molecule has 0 spiro atoms. The summed E-state index contributed by atoms with van der Waals surface area (Å²) in [6.45, 7) is 3.25. The first-order chi connectivity index (χ1) is 7.11. The van der Waals surface area contributed by atoms with E-state index in [0.29, 0.717) is 18.1 Å². The maximum atomic E-state index is 11.2. The summed E-state index contributed by atoms with van der Waals surface area (Å²) in [6.07, 6.45) is -0.0464. The topological polar surface area (TPSA) is 101 Å². The number of rotatable bonds is 5. The van der Waals surface area contributed by atoms with Crippen LogP contribution in [-0.2, 0) is 17.8 Å². The van der Waals surface area contributed by atoms with E-state index in [2.05, 4.69) is 15.3 Å². The Kier molecular flexibility index (Phi) is 3.99. The first-order valence-corrected chi connectivity index (χ1v) is 4.70. The Hall–Kier alpha value is -1.69. The molecular weight excluding hydrogens is 196 g/mol. The number of nitrogens with two attached hydrogens (primary N) is 1. The van der Waals surface area contributed by atoms with Crippen molar-refractivity contribution < 1.29 is 4.79 Å². The summed E-state index contributed by atoms with van der Waals surface area (Å²) in [5, 5.41) is 3.04. The standard InChI is InChI=1S/C9H14N4O2/c1-2-11-5-6-3-9(15)13-8(12-6)4-7(10)14/h3,11H,2,4-5H2,1H3,(H2,10,14)(H,12,13,15). The van der Waals surface area contributed by atoms with E-state index < -0.39 is 5.91 Å². The summed E-state index contributed by atoms with van der Waals surface area (Å²) in [6, 6.07) is 1.40. The van der Waals surface area contributed by atoms with E-state index in [1.54, 1.807) is 0 Å². The maximum Gasteiger partial charge on any atom is 0.251 e. The highest BCUT2D eigenvalue weighted by Crippen LogP contribution is 1.92. The molecule has 0 saturated carbocycles. The lowest BCUT2D eigenvalue weighted by molar-refractivity contribution is -0.117. The summed E-state index contributed by atoms with van der Waals surface area (Å²) in [7, 11) is 0. The Morgan fingerprint density at radius 3 is 3.00 bits per heavy atom. The molecule has 1 heterocycles. The molecule has 82 valence electrons. The Bertz CT molecular complexity index is 399. The molecule has 0 aliphatic heterocycles. The van der Waals surface area contributed by atoms with Crippen LogP contribution in [-0.4, -0.2) is 22.4 Å². The van der Waals surface area contributed by atoms with Crippen molar-refractivity contribution in [2.45, 2.75) is 19.9 Å². The minimum absolute atomic E-state index is 0.0464. The number of carbonyl (C=O) groups excluding carboxylic acids is 1. The molecule has 0 saturated heterocycles. The molecule has 1 aromatic heterocycles. The van der Waals surface area contributed by atoms with E-state index in [4.69, 9.17) is 5.73 Å². The van der Waals surface area contributed by atoms with Crippen molar-refractivity contribution in [3.8, 4) is 0 Å². The summed E-state index contributed by atoms with van der Waals surface area (Å²) in [5.41, 5.74) is 5.35. The highest BCUT2D eigenvalue weighted by Gasteiger charge is 2.03. The van der Waals surface area contributed by atoms with Crippen molar-refractivity contribution in [3.63, 3.8) is 0 Å². The van der Waals surface area contributed by atoms with E-state index in [1.165, 1.54) is 6.07 Å². The summed E-state index contributed by atoms with van der Waals surface area (Å²) in [5.74, 6) is -0.207. The van der Waals surface area contributed by atoms with Crippen LogP contribution in [0.1, 0.15) is 18.4 Å². The van der Waals surface area contributed by atoms with Gasteiger partial charge in [0.25, 0.3) is 5.56 Å². The van der Waals surface area contributed by atoms with Crippen LogP contribution in [0.4, 0.5) is 0 Å². The van der Waals surface area contributed by atoms with E-state index in [9.17, 15) is 9.59 Å². The fourth-order valence-corrected chi connectivity index (χ4v) is 1.16. The van der Waals surface area contributed by atoms with E-state index in [1.807, 2.05) is 6.92 Å². The Balaban J connectivity index is 2.84. The second kappa shape index (κ2) is 5.26. The first kappa shape index (κ1) is 11.4. The molecule has 6 heteroatoms. The lowest BCUT2D eigenvalue weighted by Gasteiger charge is -2.03. The zero-order chi connectivity index (χ0) is 11.3. The Morgan fingerprint density at radius 2 is 2.40 bits per heavy atom. The van der Waals surface area contributed by atoms with Gasteiger partial charge in [-0.3, -0.25) is 9.59 Å². The SMILES string of the molecule is CCNCc1cc(=O)[nH]c(CC(N)=O)n1. The molecule has 1 rings (SSSR count). The molecule has 0 bridgehead atoms. The van der Waals surface area contributed by atoms with Gasteiger partial charge in [-0.05, 0) is 6.54 Å². The first-order valence-electron chi connectivity index (χ1n) is 4.70. The van der Waals surface area contributed by atoms with Gasteiger partial charge in [0.2, 0.25) is 5.91 Å². The van der Waals surface area contributed by atoms with Crippen LogP contribution < -0.4 is 16.6 Å². The molecular formula is C9H14N4O2. The van der Waals surface area contributed by atoms with Crippen LogP contribution in [0.2, 0.25) is 0 Å². The highest BCUT2D eigenvalue weighted by molar-refractivity contribution is 5.75. The third-order valence-electron chi connectivity index (χ3n) is 1.74. The normalized spacial score (nSPS) is 10.2. The van der Waals surface area contributed by atoms with Crippen LogP contribution in [0.5, 0.6) is 0 Å². The fraction of sp³-hybridized carbons (Fsp3) is 0.444. The molecule has 0 radical (unpaired) electrons. The van der Waals surface area contributed by atoms with Crippen LogP contribution >= 0.6 is 0 Å². The van der Waals surface area contributed by atoms with Crippen LogP contribution in [0.25, 0.3) is 0 Å². The minimum Gasteiger partial charge on any atom is -0.369 e. The van der Waals surface area contributed by atoms with Crippen molar-refractivity contribution in [2.75, 3.05) is 6.54 Å². The lowest BCUT2D eigenvalue weighted by Crippen LogP contribution is -2.22. The second-order valence-electron chi connectivity index (χ2n) is 3.11. The number of hydrogen-bond donors (Lipinski definition) is 3. The predicted octanol–water partition coefficient (Wildman–Crippen LogP) is -1.09. The van der Waals surface area contributed by atoms with Crippen LogP contribution in [0.15, 0.2) is 10.9 Å². The van der Waals surface area contributed by atoms with Crippen molar-refractivity contribution in [3.05, 3.63) is 27.9 Å². The lowest BCUT2D eigenvalue weighted by atomic mass is 10.3. The van der Waals surface area contributed by atoms with Gasteiger partial charge in [-0.15, -0.1) is 0 Å². The van der Waals surface area contributed by atoms with Gasteiger partial charge in [-0.25, -0.2) is 4.98 Å². The number of nitrogens with zero attached hydrogens (tertiary/aromatic N) is 1. The molecule has 6 nitrogen and oxygen atoms in total. The highest BCUT2D eigenvalue weighted by atomic mass is 16.1. The average molecular weight is 210 g/mol. The Morgan fingerprint density at radius 1 is 1.67 bits per heavy atom. The van der Waals surface area contributed by atoms with Crippen molar-refractivity contribution in [1.29, 1.82) is 0 Å². The molecule has 0 aliphatic rings. The van der Waals surface area contributed by atoms with E-state index in [0.717, 1.165) is 6.54 Å². The second-order valence-corrected chi connectivity index (χ2v) is 3.11. The van der Waals surface area contributed by atoms with Crippen LogP contribution in [0.3, 0.4) is 0 Å². The third kappa shape index (κ3) is 3.90. The molecule has 15 heavy (non-hydrogen) atoms. The third-order valence-corrected chi connectivity index (χ3v) is 1.74. The molecule has 0 aliphatic carbocycles. The van der Waals surface area contributed by atoms with Gasteiger partial charge in [0.15, 0.2) is 0 Å². The number of H-pyrrole nitrogens is 1. The molecule has 0 atom stereocenters. The quantitative estimate of drug-likeness (QED) is 0.574. The number of carbonyl (C=O) groups is 1. The monoisotopic (exact) mass is 210 g/mol. The molecule has 0 unspecified atom stereocenters. The van der Waals surface area contributed by atoms with Gasteiger partial charge >= 0.3 is 0 Å². The summed E-state index contributed by atoms with van der Waals surface area (Å²) < 4.78 is 0. The largest absolute Gasteiger partial charge is 0.369 e. The molecule has 4 N–H and O–H groups in total. The van der Waals surface area contributed by atoms with Crippen molar-refractivity contribution in [1.82, 2.24) is 15.3 Å². The fourth-order valence-electron chi connectivity index (χ4n) is 1.16. The van der Waals surface area contributed by atoms with Crippen molar-refractivity contribution >= 4 is 5.91 Å². The van der Waals surface area contributed by atoms with E-state index >= 15 is 0 Å². The van der Waals surface area contributed by atoms with Gasteiger partial charge in [0.1, 0.15) is 5.82 Å². The zero-order valence-electron chi connectivity index (χ0n) is 8.54. The number of aromatic amines is 1. The molecule has 1 amide bonds. The number of aromatic nitrogens is 2. The maximum absolute atomic E-state index is 11.2. The number of nitrogens with one attached hydrogen (secondary N) is 2. The zero-order valence-corrected chi connectivity index (χ0v) is 8.54. The Labute approximate surface area is 86.9 Å². The van der Waals surface area contributed by atoms with Gasteiger partial charge in [-0.2, -0.15) is 0 Å². The predicted molar refractivity (Wildman–Crippen MR) is 55.1 cm³/mol. The van der Waals surface area contributed by atoms with Gasteiger partial charge in [0, 0.05) is 12.6 Å². The van der Waals surface area contributed by atoms with Gasteiger partial charge in [0.05, 0.1) is 12.1 Å². The molecule has 1 aromatic rings. The average Bonchev–Trinajstić information content (AvgIpc) is 2.12. The smallest absolute Gasteiger partial charge is 0.251 e. The van der Waals surface area contributed by atoms with Gasteiger partial charge < -0.3 is 16.0 Å². The van der Waals surface area contributed by atoms with Crippen LogP contribution in [0, 0.1) is 0 Å². The molecule has 0 aromatic carbocycles. The summed E-state index contributed by atoms with van der Waals surface area (Å²) >= 11 is 0. The van der Waals surface area contributed by atoms with Crippen molar-refractivity contribution in [2.24, 2.45) is 5.73 Å². The molecule has 0 fully saturated rings. The van der Waals surface area contributed by atoms with E-state index in [-0.39, 0.29) is 12.0 Å². The summed E-state index contributed by atoms with van der Waals surface area (Å²) in [4.78, 5) is 28.4.